The number of nitrogens with one attached hydrogen (secondary N) is 1. The maximum absolute atomic E-state index is 11.1. The van der Waals surface area contributed by atoms with Gasteiger partial charge in [-0.3, -0.25) is 4.79 Å². The van der Waals surface area contributed by atoms with Gasteiger partial charge in [0, 0.05) is 37.5 Å². The lowest BCUT2D eigenvalue weighted by molar-refractivity contribution is -0.119. The molecule has 2 heterocycles. The Morgan fingerprint density at radius 1 is 1.33 bits per heavy atom. The molecule has 1 saturated heterocycles. The molecular weight excluding hydrogens is 324 g/mol. The summed E-state index contributed by atoms with van der Waals surface area (Å²) < 4.78 is 0. The van der Waals surface area contributed by atoms with Gasteiger partial charge >= 0.3 is 0 Å². The molecule has 1 aromatic rings. The Bertz CT molecular complexity index is 624. The molecule has 5 nitrogen and oxygen atoms in total. The van der Waals surface area contributed by atoms with E-state index in [-0.39, 0.29) is 11.3 Å². The number of hydrogen-bond acceptors (Lipinski definition) is 4. The summed E-state index contributed by atoms with van der Waals surface area (Å²) in [5.41, 5.74) is 2.48. The number of hydrogen-bond donors (Lipinski definition) is 1. The van der Waals surface area contributed by atoms with Gasteiger partial charge in [-0.25, -0.2) is 9.97 Å². The van der Waals surface area contributed by atoms with Gasteiger partial charge in [0.1, 0.15) is 5.82 Å². The van der Waals surface area contributed by atoms with E-state index in [0.29, 0.717) is 11.2 Å². The van der Waals surface area contributed by atoms with Gasteiger partial charge in [0.25, 0.3) is 0 Å². The normalized spacial score (nSPS) is 20.6. The van der Waals surface area contributed by atoms with Crippen LogP contribution in [0.25, 0.3) is 0 Å². The number of piperidine rings is 1. The zero-order valence-corrected chi connectivity index (χ0v) is 15.6. The molecule has 1 aromatic heterocycles. The zero-order chi connectivity index (χ0) is 17.3. The second kappa shape index (κ2) is 6.87. The van der Waals surface area contributed by atoms with Gasteiger partial charge in [0.15, 0.2) is 0 Å². The van der Waals surface area contributed by atoms with Crippen LogP contribution in [0.2, 0.25) is 5.28 Å². The molecule has 24 heavy (non-hydrogen) atoms. The van der Waals surface area contributed by atoms with Crippen molar-refractivity contribution in [3.05, 3.63) is 16.5 Å². The SMILES string of the molecule is CC(=O)NCC1CCN(c2nc(Cl)nc3c2CCCC3(C)C)CC1. The highest BCUT2D eigenvalue weighted by atomic mass is 35.5. The fourth-order valence-electron chi connectivity index (χ4n) is 3.96. The van der Waals surface area contributed by atoms with Crippen LogP contribution in [0.1, 0.15) is 57.7 Å². The van der Waals surface area contributed by atoms with Crippen molar-refractivity contribution in [3.8, 4) is 0 Å². The Hall–Kier alpha value is -1.36. The predicted molar refractivity (Wildman–Crippen MR) is 96.6 cm³/mol. The van der Waals surface area contributed by atoms with Crippen LogP contribution < -0.4 is 10.2 Å². The third kappa shape index (κ3) is 3.66. The minimum atomic E-state index is 0.0521. The molecule has 1 amide bonds. The number of rotatable bonds is 3. The van der Waals surface area contributed by atoms with Crippen molar-refractivity contribution in [1.82, 2.24) is 15.3 Å². The molecule has 0 saturated carbocycles. The Morgan fingerprint density at radius 3 is 2.71 bits per heavy atom. The van der Waals surface area contributed by atoms with Crippen LogP contribution in [0.15, 0.2) is 0 Å². The van der Waals surface area contributed by atoms with Crippen molar-refractivity contribution in [2.75, 3.05) is 24.5 Å². The van der Waals surface area contributed by atoms with E-state index in [1.165, 1.54) is 12.0 Å². The third-order valence-electron chi connectivity index (χ3n) is 5.38. The second-order valence-electron chi connectivity index (χ2n) is 7.75. The molecule has 0 aromatic carbocycles. The van der Waals surface area contributed by atoms with Crippen LogP contribution >= 0.6 is 11.6 Å². The highest BCUT2D eigenvalue weighted by Gasteiger charge is 2.33. The topological polar surface area (TPSA) is 58.1 Å². The Labute approximate surface area is 149 Å². The molecular formula is C18H27ClN4O. The quantitative estimate of drug-likeness (QED) is 0.851. The number of halogens is 1. The van der Waals surface area contributed by atoms with E-state index in [9.17, 15) is 4.79 Å². The largest absolute Gasteiger partial charge is 0.356 e. The van der Waals surface area contributed by atoms with Crippen LogP contribution in [0, 0.1) is 5.92 Å². The van der Waals surface area contributed by atoms with Gasteiger partial charge < -0.3 is 10.2 Å². The summed E-state index contributed by atoms with van der Waals surface area (Å²) in [5.74, 6) is 1.64. The predicted octanol–water partition coefficient (Wildman–Crippen LogP) is 3.10. The van der Waals surface area contributed by atoms with Crippen molar-refractivity contribution >= 4 is 23.3 Å². The first-order valence-electron chi connectivity index (χ1n) is 8.93. The summed E-state index contributed by atoms with van der Waals surface area (Å²) in [4.78, 5) is 22.6. The minimum Gasteiger partial charge on any atom is -0.356 e. The van der Waals surface area contributed by atoms with E-state index < -0.39 is 0 Å². The van der Waals surface area contributed by atoms with Crippen LogP contribution in [-0.4, -0.2) is 35.5 Å². The highest BCUT2D eigenvalue weighted by Crippen LogP contribution is 2.40. The summed E-state index contributed by atoms with van der Waals surface area (Å²) in [6.07, 6.45) is 5.50. The molecule has 1 N–H and O–H groups in total. The second-order valence-corrected chi connectivity index (χ2v) is 8.09. The first-order valence-corrected chi connectivity index (χ1v) is 9.31. The van der Waals surface area contributed by atoms with Crippen LogP contribution in [0.3, 0.4) is 0 Å². The third-order valence-corrected chi connectivity index (χ3v) is 5.55. The van der Waals surface area contributed by atoms with Crippen LogP contribution in [-0.2, 0) is 16.6 Å². The van der Waals surface area contributed by atoms with Gasteiger partial charge in [0.05, 0.1) is 5.69 Å². The monoisotopic (exact) mass is 350 g/mol. The maximum atomic E-state index is 11.1. The van der Waals surface area contributed by atoms with E-state index >= 15 is 0 Å². The van der Waals surface area contributed by atoms with E-state index in [1.54, 1.807) is 6.92 Å². The standard InChI is InChI=1S/C18H27ClN4O/c1-12(24)20-11-13-6-9-23(10-7-13)16-14-5-4-8-18(2,3)15(14)21-17(19)22-16/h13H,4-11H2,1-3H3,(H,20,24). The number of aromatic nitrogens is 2. The number of anilines is 1. The van der Waals surface area contributed by atoms with Gasteiger partial charge in [-0.05, 0) is 49.6 Å². The first-order chi connectivity index (χ1) is 11.4. The molecule has 0 unspecified atom stereocenters. The minimum absolute atomic E-state index is 0.0521. The van der Waals surface area contributed by atoms with E-state index in [1.807, 2.05) is 0 Å². The van der Waals surface area contributed by atoms with Gasteiger partial charge in [-0.1, -0.05) is 13.8 Å². The molecule has 132 valence electrons. The molecule has 1 aliphatic heterocycles. The molecule has 0 spiro atoms. The highest BCUT2D eigenvalue weighted by molar-refractivity contribution is 6.28. The van der Waals surface area contributed by atoms with Crippen molar-refractivity contribution in [2.24, 2.45) is 5.92 Å². The average molecular weight is 351 g/mol. The smallest absolute Gasteiger partial charge is 0.224 e. The average Bonchev–Trinajstić information content (AvgIpc) is 2.53. The molecule has 0 bridgehead atoms. The van der Waals surface area contributed by atoms with Gasteiger partial charge in [-0.2, -0.15) is 0 Å². The lowest BCUT2D eigenvalue weighted by Gasteiger charge is -2.37. The number of carbonyl (C=O) groups excluding carboxylic acids is 1. The number of fused-ring (bicyclic) bond motifs is 1. The van der Waals surface area contributed by atoms with Crippen molar-refractivity contribution < 1.29 is 4.79 Å². The molecule has 1 aliphatic carbocycles. The molecule has 0 radical (unpaired) electrons. The lowest BCUT2D eigenvalue weighted by atomic mass is 9.76. The van der Waals surface area contributed by atoms with Crippen molar-refractivity contribution in [3.63, 3.8) is 0 Å². The Morgan fingerprint density at radius 2 is 2.04 bits per heavy atom. The van der Waals surface area contributed by atoms with Gasteiger partial charge in [-0.15, -0.1) is 0 Å². The summed E-state index contributed by atoms with van der Waals surface area (Å²) in [7, 11) is 0. The maximum Gasteiger partial charge on any atom is 0.224 e. The van der Waals surface area contributed by atoms with Crippen molar-refractivity contribution in [1.29, 1.82) is 0 Å². The molecule has 1 fully saturated rings. The molecule has 2 aliphatic rings. The Balaban J connectivity index is 1.77. The fourth-order valence-corrected chi connectivity index (χ4v) is 4.12. The van der Waals surface area contributed by atoms with E-state index in [0.717, 1.165) is 56.8 Å². The fraction of sp³-hybridized carbons (Fsp3) is 0.722. The summed E-state index contributed by atoms with van der Waals surface area (Å²) >= 11 is 6.25. The first kappa shape index (κ1) is 17.5. The van der Waals surface area contributed by atoms with Crippen LogP contribution in [0.4, 0.5) is 5.82 Å². The van der Waals surface area contributed by atoms with Gasteiger partial charge in [0.2, 0.25) is 11.2 Å². The Kier molecular flexibility index (Phi) is 5.00. The molecule has 6 heteroatoms. The summed E-state index contributed by atoms with van der Waals surface area (Å²) in [6.45, 7) is 8.77. The number of nitrogens with zero attached hydrogens (tertiary/aromatic N) is 3. The lowest BCUT2D eigenvalue weighted by Crippen LogP contribution is -2.40. The summed E-state index contributed by atoms with van der Waals surface area (Å²) in [5, 5.41) is 3.30. The van der Waals surface area contributed by atoms with E-state index in [4.69, 9.17) is 11.6 Å². The number of amides is 1. The zero-order valence-electron chi connectivity index (χ0n) is 14.9. The molecule has 0 atom stereocenters. The molecule has 3 rings (SSSR count). The van der Waals surface area contributed by atoms with Crippen molar-refractivity contribution in [2.45, 2.75) is 58.3 Å². The van der Waals surface area contributed by atoms with E-state index in [2.05, 4.69) is 34.0 Å². The summed E-state index contributed by atoms with van der Waals surface area (Å²) in [6, 6.07) is 0. The number of carbonyl (C=O) groups is 1. The van der Waals surface area contributed by atoms with Crippen LogP contribution in [0.5, 0.6) is 0 Å².